The van der Waals surface area contributed by atoms with E-state index in [9.17, 15) is 4.79 Å². The second-order valence-corrected chi connectivity index (χ2v) is 10.1. The maximum absolute atomic E-state index is 12.9. The minimum atomic E-state index is -0.476. The van der Waals surface area contributed by atoms with Crippen LogP contribution in [-0.4, -0.2) is 35.2 Å². The monoisotopic (exact) mass is 406 g/mol. The van der Waals surface area contributed by atoms with Gasteiger partial charge in [0.15, 0.2) is 0 Å². The van der Waals surface area contributed by atoms with E-state index in [-0.39, 0.29) is 17.6 Å². The number of hydrogen-bond donors (Lipinski definition) is 0. The van der Waals surface area contributed by atoms with E-state index in [0.717, 1.165) is 25.9 Å². The molecule has 2 aliphatic rings. The molecule has 0 aromatic heterocycles. The van der Waals surface area contributed by atoms with Gasteiger partial charge in [0.1, 0.15) is 5.60 Å². The predicted octanol–water partition coefficient (Wildman–Crippen LogP) is 5.89. The van der Waals surface area contributed by atoms with E-state index in [1.165, 1.54) is 22.4 Å². The number of nitrogens with zero attached hydrogens (tertiary/aromatic N) is 2. The van der Waals surface area contributed by atoms with Gasteiger partial charge in [-0.3, -0.25) is 0 Å². The number of benzene rings is 2. The molecule has 4 heteroatoms. The highest BCUT2D eigenvalue weighted by molar-refractivity contribution is 5.70. The van der Waals surface area contributed by atoms with Crippen molar-refractivity contribution in [2.24, 2.45) is 0 Å². The molecule has 0 N–H and O–H groups in total. The Balaban J connectivity index is 1.69. The van der Waals surface area contributed by atoms with Gasteiger partial charge in [0.05, 0.1) is 0 Å². The third kappa shape index (κ3) is 3.92. The first kappa shape index (κ1) is 20.8. The van der Waals surface area contributed by atoms with E-state index < -0.39 is 5.60 Å². The SMILES string of the molecule is Cc1ccc2c(c1)C1CN(C(=O)OC(C)(C)C)CCC[C@]1(C)N2Cc1ccccc1. The van der Waals surface area contributed by atoms with Gasteiger partial charge < -0.3 is 14.5 Å². The fourth-order valence-electron chi connectivity index (χ4n) is 5.06. The lowest BCUT2D eigenvalue weighted by Crippen LogP contribution is -2.47. The van der Waals surface area contributed by atoms with Crippen LogP contribution in [0, 0.1) is 6.92 Å². The first-order valence-corrected chi connectivity index (χ1v) is 11.1. The number of hydrogen-bond acceptors (Lipinski definition) is 3. The summed E-state index contributed by atoms with van der Waals surface area (Å²) in [7, 11) is 0. The maximum atomic E-state index is 12.9. The summed E-state index contributed by atoms with van der Waals surface area (Å²) in [5.41, 5.74) is 4.76. The number of amides is 1. The molecule has 0 radical (unpaired) electrons. The lowest BCUT2D eigenvalue weighted by molar-refractivity contribution is 0.0246. The Morgan fingerprint density at radius 3 is 2.60 bits per heavy atom. The molecule has 1 amide bonds. The molecule has 1 fully saturated rings. The molecule has 2 heterocycles. The Bertz CT molecular complexity index is 918. The summed E-state index contributed by atoms with van der Waals surface area (Å²) in [6.07, 6.45) is 1.84. The lowest BCUT2D eigenvalue weighted by atomic mass is 9.80. The van der Waals surface area contributed by atoms with Gasteiger partial charge in [-0.2, -0.15) is 0 Å². The third-order valence-electron chi connectivity index (χ3n) is 6.57. The van der Waals surface area contributed by atoms with Gasteiger partial charge in [-0.15, -0.1) is 0 Å². The zero-order valence-corrected chi connectivity index (χ0v) is 18.9. The van der Waals surface area contributed by atoms with Crippen LogP contribution in [0.1, 0.15) is 63.1 Å². The summed E-state index contributed by atoms with van der Waals surface area (Å²) < 4.78 is 5.72. The average Bonchev–Trinajstić information content (AvgIpc) is 2.79. The van der Waals surface area contributed by atoms with E-state index in [0.29, 0.717) is 6.54 Å². The first-order chi connectivity index (χ1) is 14.2. The Kier molecular flexibility index (Phi) is 5.29. The molecule has 4 nitrogen and oxygen atoms in total. The highest BCUT2D eigenvalue weighted by atomic mass is 16.6. The van der Waals surface area contributed by atoms with Crippen molar-refractivity contribution in [3.63, 3.8) is 0 Å². The molecule has 0 bridgehead atoms. The van der Waals surface area contributed by atoms with Gasteiger partial charge in [-0.25, -0.2) is 4.79 Å². The van der Waals surface area contributed by atoms with Crippen LogP contribution in [0.2, 0.25) is 0 Å². The molecule has 0 aliphatic carbocycles. The molecule has 2 aromatic rings. The van der Waals surface area contributed by atoms with Crippen molar-refractivity contribution in [2.75, 3.05) is 18.0 Å². The topological polar surface area (TPSA) is 32.8 Å². The Labute approximate surface area is 180 Å². The maximum Gasteiger partial charge on any atom is 0.410 e. The normalized spacial score (nSPS) is 23.6. The summed E-state index contributed by atoms with van der Waals surface area (Å²) in [6, 6.07) is 17.5. The van der Waals surface area contributed by atoms with Crippen molar-refractivity contribution in [2.45, 2.75) is 71.1 Å². The summed E-state index contributed by atoms with van der Waals surface area (Å²) in [4.78, 5) is 17.4. The summed E-state index contributed by atoms with van der Waals surface area (Å²) >= 11 is 0. The molecule has 1 unspecified atom stereocenters. The largest absolute Gasteiger partial charge is 0.444 e. The smallest absolute Gasteiger partial charge is 0.410 e. The van der Waals surface area contributed by atoms with Gasteiger partial charge >= 0.3 is 6.09 Å². The summed E-state index contributed by atoms with van der Waals surface area (Å²) in [6.45, 7) is 12.7. The number of aryl methyl sites for hydroxylation is 1. The molecule has 1 saturated heterocycles. The number of ether oxygens (including phenoxy) is 1. The van der Waals surface area contributed by atoms with Gasteiger partial charge in [0.25, 0.3) is 0 Å². The number of rotatable bonds is 2. The molecule has 0 spiro atoms. The van der Waals surface area contributed by atoms with Crippen LogP contribution in [0.15, 0.2) is 48.5 Å². The number of likely N-dealkylation sites (tertiary alicyclic amines) is 1. The van der Waals surface area contributed by atoms with Crippen molar-refractivity contribution in [3.8, 4) is 0 Å². The number of carbonyl (C=O) groups is 1. The zero-order valence-electron chi connectivity index (χ0n) is 18.9. The van der Waals surface area contributed by atoms with Crippen LogP contribution in [-0.2, 0) is 11.3 Å². The fraction of sp³-hybridized carbons (Fsp3) is 0.500. The fourth-order valence-corrected chi connectivity index (χ4v) is 5.06. The predicted molar refractivity (Wildman–Crippen MR) is 122 cm³/mol. The van der Waals surface area contributed by atoms with Gasteiger partial charge in [0.2, 0.25) is 0 Å². The Morgan fingerprint density at radius 2 is 1.90 bits per heavy atom. The molecule has 0 saturated carbocycles. The van der Waals surface area contributed by atoms with Crippen molar-refractivity contribution in [1.82, 2.24) is 4.90 Å². The van der Waals surface area contributed by atoms with Crippen LogP contribution in [0.25, 0.3) is 0 Å². The third-order valence-corrected chi connectivity index (χ3v) is 6.57. The van der Waals surface area contributed by atoms with Gasteiger partial charge in [0, 0.05) is 36.8 Å². The Morgan fingerprint density at radius 1 is 1.17 bits per heavy atom. The second-order valence-electron chi connectivity index (χ2n) is 10.1. The number of carbonyl (C=O) groups excluding carboxylic acids is 1. The van der Waals surface area contributed by atoms with Crippen LogP contribution in [0.5, 0.6) is 0 Å². The van der Waals surface area contributed by atoms with Crippen LogP contribution >= 0.6 is 0 Å². The molecular formula is C26H34N2O2. The van der Waals surface area contributed by atoms with Crippen molar-refractivity contribution in [1.29, 1.82) is 0 Å². The van der Waals surface area contributed by atoms with E-state index in [1.807, 2.05) is 25.7 Å². The quantitative estimate of drug-likeness (QED) is 0.623. The number of anilines is 1. The van der Waals surface area contributed by atoms with Crippen LogP contribution in [0.4, 0.5) is 10.5 Å². The second kappa shape index (κ2) is 7.64. The van der Waals surface area contributed by atoms with Crippen molar-refractivity contribution < 1.29 is 9.53 Å². The van der Waals surface area contributed by atoms with Crippen molar-refractivity contribution in [3.05, 3.63) is 65.2 Å². The van der Waals surface area contributed by atoms with E-state index in [2.05, 4.69) is 67.3 Å². The van der Waals surface area contributed by atoms with E-state index in [4.69, 9.17) is 4.74 Å². The van der Waals surface area contributed by atoms with Crippen LogP contribution < -0.4 is 4.90 Å². The Hall–Kier alpha value is -2.49. The molecule has 4 rings (SSSR count). The highest BCUT2D eigenvalue weighted by Crippen LogP contribution is 2.52. The number of fused-ring (bicyclic) bond motifs is 3. The summed E-state index contributed by atoms with van der Waals surface area (Å²) in [5.74, 6) is 0.270. The van der Waals surface area contributed by atoms with Gasteiger partial charge in [-0.05, 0) is 64.7 Å². The van der Waals surface area contributed by atoms with Gasteiger partial charge in [-0.1, -0.05) is 48.0 Å². The van der Waals surface area contributed by atoms with E-state index in [1.54, 1.807) is 0 Å². The molecule has 2 aromatic carbocycles. The molecular weight excluding hydrogens is 372 g/mol. The highest BCUT2D eigenvalue weighted by Gasteiger charge is 2.50. The molecule has 2 aliphatic heterocycles. The molecule has 2 atom stereocenters. The van der Waals surface area contributed by atoms with Crippen molar-refractivity contribution >= 4 is 11.8 Å². The van der Waals surface area contributed by atoms with E-state index >= 15 is 0 Å². The standard InChI is InChI=1S/C26H34N2O2/c1-19-12-13-23-21(16-19)22-18-27(24(29)30-25(2,3)4)15-9-14-26(22,5)28(23)17-20-10-7-6-8-11-20/h6-8,10-13,16,22H,9,14-15,17-18H2,1-5H3/t22?,26-/m0/s1. The first-order valence-electron chi connectivity index (χ1n) is 11.1. The zero-order chi connectivity index (χ0) is 21.5. The minimum Gasteiger partial charge on any atom is -0.444 e. The molecule has 160 valence electrons. The minimum absolute atomic E-state index is 0.0251. The van der Waals surface area contributed by atoms with Crippen LogP contribution in [0.3, 0.4) is 0 Å². The summed E-state index contributed by atoms with van der Waals surface area (Å²) in [5, 5.41) is 0. The molecule has 30 heavy (non-hydrogen) atoms. The lowest BCUT2D eigenvalue weighted by Gasteiger charge is -2.41. The average molecular weight is 407 g/mol.